The number of nitrogens with zero attached hydrogens (tertiary/aromatic N) is 5. The first-order valence-electron chi connectivity index (χ1n) is 9.35. The van der Waals surface area contributed by atoms with Crippen LogP contribution in [0, 0.1) is 0 Å². The van der Waals surface area contributed by atoms with Crippen LogP contribution in [0.1, 0.15) is 22.6 Å². The lowest BCUT2D eigenvalue weighted by Gasteiger charge is -2.11. The first-order valence-corrected chi connectivity index (χ1v) is 10.3. The standard InChI is InChI=1S/C19H19F3N6O3S/c1-30-11-3-10-23-17(29)16-15(12-32-18-24-8-2-9-25-18)28(27-26-16)13-4-6-14(7-5-13)31-19(20,21)22/h2,4-9H,3,10-12H2,1H3,(H,23,29). The molecule has 0 aliphatic carbocycles. The van der Waals surface area contributed by atoms with Crippen molar-refractivity contribution in [3.63, 3.8) is 0 Å². The Bertz CT molecular complexity index is 1020. The van der Waals surface area contributed by atoms with Gasteiger partial charge in [-0.3, -0.25) is 4.79 Å². The second-order valence-electron chi connectivity index (χ2n) is 6.26. The minimum Gasteiger partial charge on any atom is -0.406 e. The highest BCUT2D eigenvalue weighted by Gasteiger charge is 2.31. The van der Waals surface area contributed by atoms with Gasteiger partial charge >= 0.3 is 6.36 Å². The number of methoxy groups -OCH3 is 1. The van der Waals surface area contributed by atoms with Crippen molar-refractivity contribution in [2.45, 2.75) is 23.7 Å². The number of carbonyl (C=O) groups excluding carboxylic acids is 1. The highest BCUT2D eigenvalue weighted by Crippen LogP contribution is 2.26. The predicted octanol–water partition coefficient (Wildman–Crippen LogP) is 3.01. The summed E-state index contributed by atoms with van der Waals surface area (Å²) in [6.07, 6.45) is -0.985. The van der Waals surface area contributed by atoms with Gasteiger partial charge in [-0.05, 0) is 36.8 Å². The number of halogens is 3. The Balaban J connectivity index is 1.84. The first-order chi connectivity index (χ1) is 15.4. The maximum atomic E-state index is 12.6. The van der Waals surface area contributed by atoms with Gasteiger partial charge in [0.1, 0.15) is 5.75 Å². The fourth-order valence-corrected chi connectivity index (χ4v) is 3.39. The summed E-state index contributed by atoms with van der Waals surface area (Å²) >= 11 is 1.27. The lowest BCUT2D eigenvalue weighted by Crippen LogP contribution is -2.26. The minimum absolute atomic E-state index is 0.0986. The van der Waals surface area contributed by atoms with Crippen LogP contribution in [0.3, 0.4) is 0 Å². The average molecular weight is 468 g/mol. The molecule has 1 N–H and O–H groups in total. The number of benzene rings is 1. The number of carbonyl (C=O) groups is 1. The summed E-state index contributed by atoms with van der Waals surface area (Å²) in [7, 11) is 1.57. The molecule has 0 radical (unpaired) electrons. The molecule has 1 aromatic carbocycles. The fourth-order valence-electron chi connectivity index (χ4n) is 2.60. The normalized spacial score (nSPS) is 11.4. The van der Waals surface area contributed by atoms with Crippen molar-refractivity contribution >= 4 is 17.7 Å². The summed E-state index contributed by atoms with van der Waals surface area (Å²) in [5.74, 6) is -0.543. The van der Waals surface area contributed by atoms with Crippen LogP contribution >= 0.6 is 11.8 Å². The number of aromatic nitrogens is 5. The molecule has 0 spiro atoms. The van der Waals surface area contributed by atoms with Crippen LogP contribution < -0.4 is 10.1 Å². The predicted molar refractivity (Wildman–Crippen MR) is 108 cm³/mol. The molecule has 32 heavy (non-hydrogen) atoms. The van der Waals surface area contributed by atoms with E-state index >= 15 is 0 Å². The highest BCUT2D eigenvalue weighted by molar-refractivity contribution is 7.98. The molecule has 0 aliphatic heterocycles. The number of hydrogen-bond donors (Lipinski definition) is 1. The van der Waals surface area contributed by atoms with Crippen molar-refractivity contribution in [2.75, 3.05) is 20.3 Å². The van der Waals surface area contributed by atoms with Crippen molar-refractivity contribution < 1.29 is 27.4 Å². The van der Waals surface area contributed by atoms with Gasteiger partial charge in [0.2, 0.25) is 0 Å². The Morgan fingerprint density at radius 3 is 2.56 bits per heavy atom. The molecule has 1 amide bonds. The lowest BCUT2D eigenvalue weighted by molar-refractivity contribution is -0.274. The largest absolute Gasteiger partial charge is 0.573 e. The van der Waals surface area contributed by atoms with Crippen LogP contribution in [0.25, 0.3) is 5.69 Å². The zero-order chi connectivity index (χ0) is 23.0. The van der Waals surface area contributed by atoms with Gasteiger partial charge in [-0.2, -0.15) is 0 Å². The van der Waals surface area contributed by atoms with E-state index in [0.717, 1.165) is 12.1 Å². The van der Waals surface area contributed by atoms with E-state index in [1.54, 1.807) is 25.6 Å². The van der Waals surface area contributed by atoms with E-state index in [1.165, 1.54) is 28.6 Å². The fraction of sp³-hybridized carbons (Fsp3) is 0.316. The third kappa shape index (κ3) is 6.65. The molecule has 9 nitrogen and oxygen atoms in total. The smallest absolute Gasteiger partial charge is 0.406 e. The molecule has 0 atom stereocenters. The Morgan fingerprint density at radius 1 is 1.19 bits per heavy atom. The monoisotopic (exact) mass is 468 g/mol. The van der Waals surface area contributed by atoms with Crippen LogP contribution in [-0.4, -0.2) is 57.5 Å². The topological polar surface area (TPSA) is 104 Å². The van der Waals surface area contributed by atoms with Gasteiger partial charge in [-0.15, -0.1) is 18.3 Å². The number of nitrogens with one attached hydrogen (secondary N) is 1. The van der Waals surface area contributed by atoms with E-state index < -0.39 is 12.3 Å². The molecule has 13 heteroatoms. The van der Waals surface area contributed by atoms with Crippen LogP contribution in [0.4, 0.5) is 13.2 Å². The van der Waals surface area contributed by atoms with Gasteiger partial charge in [0, 0.05) is 38.4 Å². The van der Waals surface area contributed by atoms with Gasteiger partial charge in [0.15, 0.2) is 10.9 Å². The second-order valence-corrected chi connectivity index (χ2v) is 7.20. The van der Waals surface area contributed by atoms with Crippen LogP contribution in [-0.2, 0) is 10.5 Å². The minimum atomic E-state index is -4.79. The molecule has 2 heterocycles. The Morgan fingerprint density at radius 2 is 1.91 bits per heavy atom. The molecular formula is C19H19F3N6O3S. The molecule has 0 fully saturated rings. The average Bonchev–Trinajstić information content (AvgIpc) is 3.19. The lowest BCUT2D eigenvalue weighted by atomic mass is 10.2. The van der Waals surface area contributed by atoms with E-state index in [2.05, 4.69) is 30.3 Å². The number of amides is 1. The van der Waals surface area contributed by atoms with E-state index in [1.807, 2.05) is 0 Å². The molecule has 0 unspecified atom stereocenters. The highest BCUT2D eigenvalue weighted by atomic mass is 32.2. The summed E-state index contributed by atoms with van der Waals surface area (Å²) < 4.78 is 47.5. The zero-order valence-corrected chi connectivity index (χ0v) is 17.7. The molecule has 0 saturated carbocycles. The van der Waals surface area contributed by atoms with Crippen LogP contribution in [0.5, 0.6) is 5.75 Å². The van der Waals surface area contributed by atoms with Gasteiger partial charge in [0.25, 0.3) is 5.91 Å². The molecular weight excluding hydrogens is 449 g/mol. The van der Waals surface area contributed by atoms with E-state index in [4.69, 9.17) is 4.74 Å². The van der Waals surface area contributed by atoms with Crippen LogP contribution in [0.2, 0.25) is 0 Å². The Hall–Kier alpha value is -3.19. The third-order valence-electron chi connectivity index (χ3n) is 3.98. The van der Waals surface area contributed by atoms with Crippen molar-refractivity contribution in [3.8, 4) is 11.4 Å². The molecule has 3 aromatic rings. The number of alkyl halides is 3. The maximum absolute atomic E-state index is 12.6. The maximum Gasteiger partial charge on any atom is 0.573 e. The van der Waals surface area contributed by atoms with E-state index in [9.17, 15) is 18.0 Å². The summed E-state index contributed by atoms with van der Waals surface area (Å²) in [5.41, 5.74) is 0.952. The number of ether oxygens (including phenoxy) is 2. The first kappa shape index (κ1) is 23.5. The third-order valence-corrected chi connectivity index (χ3v) is 4.87. The van der Waals surface area contributed by atoms with Crippen molar-refractivity contribution in [3.05, 3.63) is 54.1 Å². The molecule has 0 aliphatic rings. The number of rotatable bonds is 10. The SMILES string of the molecule is COCCCNC(=O)c1nnn(-c2ccc(OC(F)(F)F)cc2)c1CSc1ncccn1. The van der Waals surface area contributed by atoms with Crippen LogP contribution in [0.15, 0.2) is 47.9 Å². The molecule has 0 bridgehead atoms. The number of thioether (sulfide) groups is 1. The van der Waals surface area contributed by atoms with E-state index in [-0.39, 0.29) is 17.2 Å². The summed E-state index contributed by atoms with van der Waals surface area (Å²) in [6.45, 7) is 0.880. The van der Waals surface area contributed by atoms with Crippen molar-refractivity contribution in [1.82, 2.24) is 30.3 Å². The van der Waals surface area contributed by atoms with Gasteiger partial charge in [-0.1, -0.05) is 17.0 Å². The van der Waals surface area contributed by atoms with Gasteiger partial charge in [0.05, 0.1) is 11.4 Å². The second kappa shape index (κ2) is 10.9. The van der Waals surface area contributed by atoms with Crippen molar-refractivity contribution in [2.24, 2.45) is 0 Å². The quantitative estimate of drug-likeness (QED) is 0.275. The zero-order valence-electron chi connectivity index (χ0n) is 16.9. The number of hydrogen-bond acceptors (Lipinski definition) is 8. The van der Waals surface area contributed by atoms with E-state index in [0.29, 0.717) is 36.1 Å². The summed E-state index contributed by atoms with van der Waals surface area (Å²) in [5, 5.41) is 11.3. The van der Waals surface area contributed by atoms with Gasteiger partial charge in [-0.25, -0.2) is 14.6 Å². The molecule has 2 aromatic heterocycles. The molecule has 0 saturated heterocycles. The molecule has 170 valence electrons. The summed E-state index contributed by atoms with van der Waals surface area (Å²) in [4.78, 5) is 20.9. The summed E-state index contributed by atoms with van der Waals surface area (Å²) in [6, 6.07) is 6.78. The van der Waals surface area contributed by atoms with Crippen molar-refractivity contribution in [1.29, 1.82) is 0 Å². The Labute approximate surface area is 185 Å². The van der Waals surface area contributed by atoms with Gasteiger partial charge < -0.3 is 14.8 Å². The molecule has 3 rings (SSSR count). The Kier molecular flexibility index (Phi) is 8.00.